The van der Waals surface area contributed by atoms with Crippen LogP contribution in [0.1, 0.15) is 39.5 Å². The van der Waals surface area contributed by atoms with Crippen LogP contribution in [0.2, 0.25) is 0 Å². The Bertz CT molecular complexity index is 280. The Morgan fingerprint density at radius 2 is 2.06 bits per heavy atom. The molecule has 0 amide bonds. The summed E-state index contributed by atoms with van der Waals surface area (Å²) in [4.78, 5) is 0. The number of rotatable bonds is 5. The van der Waals surface area contributed by atoms with Crippen molar-refractivity contribution in [2.24, 2.45) is 5.92 Å². The van der Waals surface area contributed by atoms with E-state index in [0.29, 0.717) is 5.92 Å². The first-order valence-electron chi connectivity index (χ1n) is 6.20. The Hall–Kier alpha value is -0.130. The van der Waals surface area contributed by atoms with Gasteiger partial charge in [0.25, 0.3) is 0 Å². The van der Waals surface area contributed by atoms with E-state index in [0.717, 1.165) is 38.8 Å². The standard InChI is InChI=1S/C11H24N2O2S/c1-10(2)6-9-16(14,15)13-11-4-3-7-12-8-5-11/h10-13H,3-9H2,1-2H3. The first kappa shape index (κ1) is 13.9. The zero-order valence-electron chi connectivity index (χ0n) is 10.3. The van der Waals surface area contributed by atoms with E-state index in [1.807, 2.05) is 13.8 Å². The van der Waals surface area contributed by atoms with Crippen LogP contribution in [-0.2, 0) is 10.0 Å². The third-order valence-corrected chi connectivity index (χ3v) is 4.35. The molecule has 0 aromatic heterocycles. The Labute approximate surface area is 99.2 Å². The van der Waals surface area contributed by atoms with Crippen LogP contribution >= 0.6 is 0 Å². The second-order valence-corrected chi connectivity index (χ2v) is 6.87. The summed E-state index contributed by atoms with van der Waals surface area (Å²) in [6.45, 7) is 6.01. The van der Waals surface area contributed by atoms with Gasteiger partial charge in [-0.1, -0.05) is 13.8 Å². The first-order chi connectivity index (χ1) is 7.49. The second-order valence-electron chi connectivity index (χ2n) is 5.00. The lowest BCUT2D eigenvalue weighted by atomic mass is 10.1. The lowest BCUT2D eigenvalue weighted by molar-refractivity contribution is 0.511. The van der Waals surface area contributed by atoms with Crippen LogP contribution in [0, 0.1) is 5.92 Å². The van der Waals surface area contributed by atoms with Crippen molar-refractivity contribution in [3.63, 3.8) is 0 Å². The van der Waals surface area contributed by atoms with Gasteiger partial charge in [0.2, 0.25) is 10.0 Å². The van der Waals surface area contributed by atoms with E-state index >= 15 is 0 Å². The molecule has 0 radical (unpaired) electrons. The summed E-state index contributed by atoms with van der Waals surface area (Å²) < 4.78 is 26.4. The monoisotopic (exact) mass is 248 g/mol. The lowest BCUT2D eigenvalue weighted by Crippen LogP contribution is -2.37. The number of hydrogen-bond donors (Lipinski definition) is 2. The zero-order chi connectivity index (χ0) is 12.0. The van der Waals surface area contributed by atoms with Crippen molar-refractivity contribution in [1.29, 1.82) is 0 Å². The number of nitrogens with one attached hydrogen (secondary N) is 2. The average Bonchev–Trinajstić information content (AvgIpc) is 2.43. The van der Waals surface area contributed by atoms with E-state index in [4.69, 9.17) is 0 Å². The summed E-state index contributed by atoms with van der Waals surface area (Å²) in [5.74, 6) is 0.696. The highest BCUT2D eigenvalue weighted by molar-refractivity contribution is 7.89. The highest BCUT2D eigenvalue weighted by atomic mass is 32.2. The van der Waals surface area contributed by atoms with Crippen LogP contribution in [0.3, 0.4) is 0 Å². The second kappa shape index (κ2) is 6.57. The SMILES string of the molecule is CC(C)CCS(=O)(=O)NC1CCCNCC1. The topological polar surface area (TPSA) is 58.2 Å². The number of sulfonamides is 1. The molecule has 5 heteroatoms. The molecule has 0 bridgehead atoms. The van der Waals surface area contributed by atoms with Crippen LogP contribution in [0.15, 0.2) is 0 Å². The highest BCUT2D eigenvalue weighted by Crippen LogP contribution is 2.08. The molecule has 16 heavy (non-hydrogen) atoms. The molecule has 0 aromatic rings. The van der Waals surface area contributed by atoms with Gasteiger partial charge in [-0.05, 0) is 44.7 Å². The molecule has 96 valence electrons. The minimum absolute atomic E-state index is 0.132. The van der Waals surface area contributed by atoms with Crippen molar-refractivity contribution in [3.8, 4) is 0 Å². The molecule has 0 spiro atoms. The summed E-state index contributed by atoms with van der Waals surface area (Å²) in [6.07, 6.45) is 3.65. The van der Waals surface area contributed by atoms with Gasteiger partial charge in [0.1, 0.15) is 0 Å². The van der Waals surface area contributed by atoms with E-state index in [9.17, 15) is 8.42 Å². The Balaban J connectivity index is 2.38. The maximum Gasteiger partial charge on any atom is 0.211 e. The van der Waals surface area contributed by atoms with Gasteiger partial charge in [0.05, 0.1) is 5.75 Å². The smallest absolute Gasteiger partial charge is 0.211 e. The first-order valence-corrected chi connectivity index (χ1v) is 7.85. The van der Waals surface area contributed by atoms with Gasteiger partial charge >= 0.3 is 0 Å². The molecule has 1 aliphatic rings. The summed E-state index contributed by atoms with van der Waals surface area (Å²) in [5.41, 5.74) is 0. The van der Waals surface area contributed by atoms with Crippen molar-refractivity contribution in [2.45, 2.75) is 45.6 Å². The predicted molar refractivity (Wildman–Crippen MR) is 66.9 cm³/mol. The zero-order valence-corrected chi connectivity index (χ0v) is 11.1. The van der Waals surface area contributed by atoms with E-state index in [1.54, 1.807) is 0 Å². The maximum atomic E-state index is 11.8. The van der Waals surface area contributed by atoms with Gasteiger partial charge < -0.3 is 5.32 Å². The summed E-state index contributed by atoms with van der Waals surface area (Å²) in [5, 5.41) is 3.28. The average molecular weight is 248 g/mol. The van der Waals surface area contributed by atoms with Gasteiger partial charge in [-0.3, -0.25) is 0 Å². The largest absolute Gasteiger partial charge is 0.317 e. The van der Waals surface area contributed by atoms with Crippen molar-refractivity contribution >= 4 is 10.0 Å². The third-order valence-electron chi connectivity index (χ3n) is 2.89. The minimum atomic E-state index is -3.07. The molecule has 1 saturated heterocycles. The fourth-order valence-corrected chi connectivity index (χ4v) is 3.48. The van der Waals surface area contributed by atoms with Crippen LogP contribution in [0.4, 0.5) is 0 Å². The molecule has 1 unspecified atom stereocenters. The molecule has 1 fully saturated rings. The van der Waals surface area contributed by atoms with Crippen molar-refractivity contribution in [3.05, 3.63) is 0 Å². The summed E-state index contributed by atoms with van der Waals surface area (Å²) in [6, 6.07) is 0.132. The fraction of sp³-hybridized carbons (Fsp3) is 1.00. The molecule has 0 aromatic carbocycles. The van der Waals surface area contributed by atoms with E-state index in [1.165, 1.54) is 0 Å². The fourth-order valence-electron chi connectivity index (χ4n) is 1.84. The Morgan fingerprint density at radius 3 is 2.75 bits per heavy atom. The highest BCUT2D eigenvalue weighted by Gasteiger charge is 2.19. The molecule has 1 atom stereocenters. The third kappa shape index (κ3) is 5.82. The van der Waals surface area contributed by atoms with E-state index < -0.39 is 10.0 Å². The summed E-state index contributed by atoms with van der Waals surface area (Å²) >= 11 is 0. The lowest BCUT2D eigenvalue weighted by Gasteiger charge is -2.16. The van der Waals surface area contributed by atoms with Crippen LogP contribution < -0.4 is 10.0 Å². The summed E-state index contributed by atoms with van der Waals surface area (Å²) in [7, 11) is -3.07. The molecule has 1 heterocycles. The van der Waals surface area contributed by atoms with Gasteiger partial charge in [0, 0.05) is 6.04 Å². The molecule has 1 rings (SSSR count). The van der Waals surface area contributed by atoms with Crippen LogP contribution in [0.5, 0.6) is 0 Å². The molecular weight excluding hydrogens is 224 g/mol. The molecule has 0 aliphatic carbocycles. The van der Waals surface area contributed by atoms with Gasteiger partial charge in [-0.2, -0.15) is 0 Å². The quantitative estimate of drug-likeness (QED) is 0.766. The molecule has 2 N–H and O–H groups in total. The van der Waals surface area contributed by atoms with Crippen LogP contribution in [0.25, 0.3) is 0 Å². The normalized spacial score (nSPS) is 23.3. The van der Waals surface area contributed by atoms with Gasteiger partial charge in [0.15, 0.2) is 0 Å². The molecule has 4 nitrogen and oxygen atoms in total. The Kier molecular flexibility index (Phi) is 5.72. The number of hydrogen-bond acceptors (Lipinski definition) is 3. The molecule has 0 saturated carbocycles. The Morgan fingerprint density at radius 1 is 1.31 bits per heavy atom. The van der Waals surface area contributed by atoms with E-state index in [-0.39, 0.29) is 11.8 Å². The molecule has 1 aliphatic heterocycles. The predicted octanol–water partition coefficient (Wildman–Crippen LogP) is 1.09. The van der Waals surface area contributed by atoms with Gasteiger partial charge in [-0.25, -0.2) is 13.1 Å². The van der Waals surface area contributed by atoms with Crippen molar-refractivity contribution in [1.82, 2.24) is 10.0 Å². The van der Waals surface area contributed by atoms with E-state index in [2.05, 4.69) is 10.0 Å². The van der Waals surface area contributed by atoms with Gasteiger partial charge in [-0.15, -0.1) is 0 Å². The molecular formula is C11H24N2O2S. The van der Waals surface area contributed by atoms with Crippen molar-refractivity contribution < 1.29 is 8.42 Å². The maximum absolute atomic E-state index is 11.8. The minimum Gasteiger partial charge on any atom is -0.317 e. The van der Waals surface area contributed by atoms with Crippen LogP contribution in [-0.4, -0.2) is 33.3 Å². The van der Waals surface area contributed by atoms with Crippen molar-refractivity contribution in [2.75, 3.05) is 18.8 Å².